The molecule has 0 aliphatic rings. The largest absolute Gasteiger partial charge is 0.338 e. The van der Waals surface area contributed by atoms with Crippen LogP contribution in [0.25, 0.3) is 22.6 Å². The van der Waals surface area contributed by atoms with Gasteiger partial charge in [0.1, 0.15) is 17.3 Å². The van der Waals surface area contributed by atoms with Crippen LogP contribution >= 0.6 is 11.3 Å². The summed E-state index contributed by atoms with van der Waals surface area (Å²) in [5.41, 5.74) is 6.22. The monoisotopic (exact) mass is 377 g/mol. The first-order valence-corrected chi connectivity index (χ1v) is 9.36. The van der Waals surface area contributed by atoms with E-state index in [1.54, 1.807) is 29.2 Å². The van der Waals surface area contributed by atoms with Crippen LogP contribution in [0, 0.1) is 12.7 Å². The van der Waals surface area contributed by atoms with Crippen LogP contribution in [0.3, 0.4) is 0 Å². The van der Waals surface area contributed by atoms with Crippen LogP contribution in [0.1, 0.15) is 21.6 Å². The van der Waals surface area contributed by atoms with Crippen molar-refractivity contribution < 1.29 is 9.18 Å². The van der Waals surface area contributed by atoms with Gasteiger partial charge in [0, 0.05) is 11.8 Å². The number of aromatic nitrogens is 3. The molecule has 134 valence electrons. The molecule has 0 saturated carbocycles. The number of ketones is 1. The van der Waals surface area contributed by atoms with Gasteiger partial charge in [-0.2, -0.15) is 0 Å². The lowest BCUT2D eigenvalue weighted by atomic mass is 10.0. The number of carbonyl (C=O) groups excluding carboxylic acids is 1. The van der Waals surface area contributed by atoms with E-state index in [-0.39, 0.29) is 11.6 Å². The van der Waals surface area contributed by atoms with E-state index in [0.717, 1.165) is 22.4 Å². The minimum absolute atomic E-state index is 0.00255. The van der Waals surface area contributed by atoms with Gasteiger partial charge in [-0.1, -0.05) is 35.9 Å². The minimum atomic E-state index is -0.308. The normalized spacial score (nSPS) is 10.9. The number of aryl methyl sites for hydroxylation is 1. The Labute approximate surface area is 159 Å². The van der Waals surface area contributed by atoms with Crippen molar-refractivity contribution in [2.24, 2.45) is 0 Å². The van der Waals surface area contributed by atoms with Gasteiger partial charge in [-0.05, 0) is 30.2 Å². The number of rotatable bonds is 5. The molecule has 1 N–H and O–H groups in total. The van der Waals surface area contributed by atoms with Gasteiger partial charge in [-0.15, -0.1) is 11.3 Å². The highest BCUT2D eigenvalue weighted by Crippen LogP contribution is 2.25. The van der Waals surface area contributed by atoms with Crippen LogP contribution in [0.15, 0.2) is 59.6 Å². The smallest absolute Gasteiger partial charge is 0.186 e. The van der Waals surface area contributed by atoms with E-state index in [9.17, 15) is 9.18 Å². The number of imidazole rings is 1. The number of hydrogen-bond donors (Lipinski definition) is 1. The Kier molecular flexibility index (Phi) is 4.64. The fraction of sp³-hybridized carbons (Fsp3) is 0.0952. The molecule has 0 unspecified atom stereocenters. The summed E-state index contributed by atoms with van der Waals surface area (Å²) in [4.78, 5) is 23.7. The Balaban J connectivity index is 1.54. The summed E-state index contributed by atoms with van der Waals surface area (Å²) in [5.74, 6) is 0.189. The molecule has 0 aliphatic carbocycles. The molecule has 2 aromatic carbocycles. The molecule has 2 heterocycles. The average Bonchev–Trinajstić information content (AvgIpc) is 3.36. The summed E-state index contributed by atoms with van der Waals surface area (Å²) in [6.45, 7) is 1.92. The molecular formula is C21H16FN3OS. The van der Waals surface area contributed by atoms with Crippen LogP contribution in [-0.2, 0) is 6.42 Å². The molecule has 0 saturated heterocycles. The van der Waals surface area contributed by atoms with Crippen LogP contribution in [0.4, 0.5) is 4.39 Å². The molecule has 4 aromatic rings. The molecule has 0 aliphatic heterocycles. The van der Waals surface area contributed by atoms with Gasteiger partial charge >= 0.3 is 0 Å². The maximum Gasteiger partial charge on any atom is 0.186 e. The molecule has 0 atom stereocenters. The highest BCUT2D eigenvalue weighted by Gasteiger charge is 2.12. The highest BCUT2D eigenvalue weighted by molar-refractivity contribution is 7.07. The van der Waals surface area contributed by atoms with E-state index in [4.69, 9.17) is 0 Å². The lowest BCUT2D eigenvalue weighted by molar-refractivity contribution is 0.0989. The molecule has 27 heavy (non-hydrogen) atoms. The van der Waals surface area contributed by atoms with Crippen molar-refractivity contribution in [2.75, 3.05) is 0 Å². The summed E-state index contributed by atoms with van der Waals surface area (Å²) in [6.07, 6.45) is 2.00. The number of H-pyrrole nitrogens is 1. The number of carbonyl (C=O) groups is 1. The second-order valence-electron chi connectivity index (χ2n) is 6.30. The fourth-order valence-electron chi connectivity index (χ4n) is 2.85. The van der Waals surface area contributed by atoms with E-state index in [0.29, 0.717) is 23.5 Å². The van der Waals surface area contributed by atoms with Crippen molar-refractivity contribution in [3.05, 3.63) is 82.2 Å². The van der Waals surface area contributed by atoms with Gasteiger partial charge < -0.3 is 4.98 Å². The van der Waals surface area contributed by atoms with Crippen molar-refractivity contribution in [1.29, 1.82) is 0 Å². The summed E-state index contributed by atoms with van der Waals surface area (Å²) in [7, 11) is 0. The zero-order chi connectivity index (χ0) is 18.8. The van der Waals surface area contributed by atoms with Crippen LogP contribution in [-0.4, -0.2) is 20.7 Å². The quantitative estimate of drug-likeness (QED) is 0.494. The lowest BCUT2D eigenvalue weighted by Gasteiger charge is -2.03. The Hall–Kier alpha value is -3.12. The molecule has 6 heteroatoms. The van der Waals surface area contributed by atoms with Gasteiger partial charge in [0.05, 0.1) is 23.0 Å². The summed E-state index contributed by atoms with van der Waals surface area (Å²) >= 11 is 1.41. The predicted molar refractivity (Wildman–Crippen MR) is 104 cm³/mol. The van der Waals surface area contributed by atoms with Crippen molar-refractivity contribution in [1.82, 2.24) is 15.0 Å². The number of Topliss-reactive ketones (excluding diaryl/α,β-unsaturated/α-hetero) is 1. The zero-order valence-corrected chi connectivity index (χ0v) is 15.4. The Morgan fingerprint density at radius 3 is 2.70 bits per heavy atom. The first-order chi connectivity index (χ1) is 13.1. The van der Waals surface area contributed by atoms with Crippen molar-refractivity contribution in [2.45, 2.75) is 13.3 Å². The second kappa shape index (κ2) is 7.25. The molecule has 4 nitrogen and oxygen atoms in total. The summed E-state index contributed by atoms with van der Waals surface area (Å²) < 4.78 is 14.1. The van der Waals surface area contributed by atoms with Crippen molar-refractivity contribution in [3.8, 4) is 22.6 Å². The number of nitrogens with one attached hydrogen (secondary N) is 1. The van der Waals surface area contributed by atoms with Crippen LogP contribution < -0.4 is 0 Å². The highest BCUT2D eigenvalue weighted by atomic mass is 32.1. The number of hydrogen-bond acceptors (Lipinski definition) is 4. The van der Waals surface area contributed by atoms with E-state index in [2.05, 4.69) is 15.0 Å². The first kappa shape index (κ1) is 17.3. The summed E-state index contributed by atoms with van der Waals surface area (Å²) in [5, 5.41) is 1.76. The first-order valence-electron chi connectivity index (χ1n) is 8.42. The van der Waals surface area contributed by atoms with Gasteiger partial charge in [-0.25, -0.2) is 14.4 Å². The SMILES string of the molecule is Cc1ccc(F)c(-c2ncc(-c3ccc(CC(=O)c4cscn4)cc3)[nH]2)c1. The Bertz CT molecular complexity index is 1090. The number of aromatic amines is 1. The van der Waals surface area contributed by atoms with Gasteiger partial charge in [0.2, 0.25) is 0 Å². The molecule has 2 aromatic heterocycles. The van der Waals surface area contributed by atoms with Gasteiger partial charge in [0.15, 0.2) is 5.78 Å². The number of benzene rings is 2. The number of thiazole rings is 1. The maximum atomic E-state index is 14.1. The third-order valence-corrected chi connectivity index (χ3v) is 4.89. The minimum Gasteiger partial charge on any atom is -0.338 e. The molecule has 0 amide bonds. The third kappa shape index (κ3) is 3.71. The molecule has 0 bridgehead atoms. The molecule has 4 rings (SSSR count). The van der Waals surface area contributed by atoms with Crippen LogP contribution in [0.2, 0.25) is 0 Å². The van der Waals surface area contributed by atoms with E-state index >= 15 is 0 Å². The zero-order valence-electron chi connectivity index (χ0n) is 14.6. The van der Waals surface area contributed by atoms with Gasteiger partial charge in [-0.3, -0.25) is 4.79 Å². The number of halogens is 1. The standard InChI is InChI=1S/C21H16FN3OS/c1-13-2-7-17(22)16(8-13)21-23-10-18(25-21)15-5-3-14(4-6-15)9-20(26)19-11-27-12-24-19/h2-8,10-12H,9H2,1H3,(H,23,25). The Morgan fingerprint density at radius 1 is 1.15 bits per heavy atom. The van der Waals surface area contributed by atoms with Crippen molar-refractivity contribution >= 4 is 17.1 Å². The third-order valence-electron chi connectivity index (χ3n) is 4.30. The fourth-order valence-corrected chi connectivity index (χ4v) is 3.41. The average molecular weight is 377 g/mol. The number of nitrogens with zero attached hydrogens (tertiary/aromatic N) is 2. The molecule has 0 radical (unpaired) electrons. The van der Waals surface area contributed by atoms with Crippen molar-refractivity contribution in [3.63, 3.8) is 0 Å². The second-order valence-corrected chi connectivity index (χ2v) is 7.02. The lowest BCUT2D eigenvalue weighted by Crippen LogP contribution is -2.03. The molecule has 0 spiro atoms. The topological polar surface area (TPSA) is 58.6 Å². The molecular weight excluding hydrogens is 361 g/mol. The summed E-state index contributed by atoms with van der Waals surface area (Å²) in [6, 6.07) is 12.6. The van der Waals surface area contributed by atoms with Gasteiger partial charge in [0.25, 0.3) is 0 Å². The molecule has 0 fully saturated rings. The van der Waals surface area contributed by atoms with E-state index in [1.165, 1.54) is 17.4 Å². The maximum absolute atomic E-state index is 14.1. The Morgan fingerprint density at radius 2 is 1.96 bits per heavy atom. The van der Waals surface area contributed by atoms with E-state index in [1.807, 2.05) is 31.2 Å². The van der Waals surface area contributed by atoms with Crippen LogP contribution in [0.5, 0.6) is 0 Å². The predicted octanol–water partition coefficient (Wildman–Crippen LogP) is 5.07. The van der Waals surface area contributed by atoms with E-state index < -0.39 is 0 Å².